The van der Waals surface area contributed by atoms with Crippen LogP contribution < -0.4 is 18.9 Å². The van der Waals surface area contributed by atoms with Gasteiger partial charge in [-0.3, -0.25) is 19.2 Å². The zero-order valence-electron chi connectivity index (χ0n) is 35.0. The van der Waals surface area contributed by atoms with Gasteiger partial charge in [-0.05, 0) is 70.8 Å². The summed E-state index contributed by atoms with van der Waals surface area (Å²) in [6.45, 7) is 3.73. The van der Waals surface area contributed by atoms with Crippen LogP contribution in [0.4, 0.5) is 0 Å². The van der Waals surface area contributed by atoms with E-state index in [1.54, 1.807) is 48.5 Å². The van der Waals surface area contributed by atoms with Crippen molar-refractivity contribution in [3.8, 4) is 23.0 Å². The van der Waals surface area contributed by atoms with Crippen molar-refractivity contribution in [2.75, 3.05) is 52.9 Å². The van der Waals surface area contributed by atoms with Crippen molar-refractivity contribution >= 4 is 23.9 Å². The van der Waals surface area contributed by atoms with Crippen molar-refractivity contribution in [3.63, 3.8) is 0 Å². The van der Waals surface area contributed by atoms with Gasteiger partial charge in [0, 0.05) is 39.5 Å². The standard InChI is InChI=1S/C46H54O16/c1-29(47)55-21-37(51)25-59-41-13-5-33(6-14-41)45(34-7-15-42(16-8-34)60-26-38(52)22-56-30(2)48)46(35-9-17-43(18-10-35)61-27-39(53)23-57-31(3)49)36-11-19-44(20-12-36)62-28-40(54)24-58-32(4)50/h5-20,37-40,45-46,51-54H,21-28H2,1-4H3. The van der Waals surface area contributed by atoms with Crippen LogP contribution in [0.15, 0.2) is 97.1 Å². The van der Waals surface area contributed by atoms with Crippen molar-refractivity contribution in [3.05, 3.63) is 119 Å². The lowest BCUT2D eigenvalue weighted by Crippen LogP contribution is -2.24. The third kappa shape index (κ3) is 17.0. The van der Waals surface area contributed by atoms with Crippen LogP contribution in [0.2, 0.25) is 0 Å². The summed E-state index contributed by atoms with van der Waals surface area (Å²) < 4.78 is 42.7. The predicted octanol–water partition coefficient (Wildman–Crippen LogP) is 3.86. The molecule has 16 nitrogen and oxygen atoms in total. The quantitative estimate of drug-likeness (QED) is 0.0549. The second-order valence-electron chi connectivity index (χ2n) is 14.3. The monoisotopic (exact) mass is 862 g/mol. The first-order chi connectivity index (χ1) is 29.7. The number of rotatable bonds is 25. The van der Waals surface area contributed by atoms with Gasteiger partial charge >= 0.3 is 23.9 Å². The van der Waals surface area contributed by atoms with Gasteiger partial charge in [0.15, 0.2) is 0 Å². The molecule has 0 radical (unpaired) electrons. The molecule has 0 saturated carbocycles. The Hall–Kier alpha value is -6.20. The van der Waals surface area contributed by atoms with Gasteiger partial charge in [0.25, 0.3) is 0 Å². The van der Waals surface area contributed by atoms with Crippen molar-refractivity contribution in [1.82, 2.24) is 0 Å². The van der Waals surface area contributed by atoms with E-state index >= 15 is 0 Å². The Bertz CT molecular complexity index is 1700. The molecule has 4 unspecified atom stereocenters. The van der Waals surface area contributed by atoms with Gasteiger partial charge in [0.2, 0.25) is 0 Å². The smallest absolute Gasteiger partial charge is 0.302 e. The molecule has 4 rings (SSSR count). The maximum Gasteiger partial charge on any atom is 0.302 e. The molecule has 0 saturated heterocycles. The molecule has 4 N–H and O–H groups in total. The average molecular weight is 863 g/mol. The van der Waals surface area contributed by atoms with Crippen LogP contribution in [-0.2, 0) is 38.1 Å². The Morgan fingerprint density at radius 1 is 0.339 bits per heavy atom. The molecule has 0 aliphatic rings. The van der Waals surface area contributed by atoms with E-state index in [4.69, 9.17) is 37.9 Å². The number of benzene rings is 4. The van der Waals surface area contributed by atoms with Crippen molar-refractivity contribution < 1.29 is 77.5 Å². The fourth-order valence-electron chi connectivity index (χ4n) is 6.06. The first-order valence-electron chi connectivity index (χ1n) is 19.8. The molecule has 0 heterocycles. The van der Waals surface area contributed by atoms with Gasteiger partial charge in [-0.15, -0.1) is 0 Å². The topological polar surface area (TPSA) is 223 Å². The fourth-order valence-corrected chi connectivity index (χ4v) is 6.06. The summed E-state index contributed by atoms with van der Waals surface area (Å²) in [5, 5.41) is 41.0. The highest BCUT2D eigenvalue weighted by atomic mass is 16.6. The largest absolute Gasteiger partial charge is 0.491 e. The number of aliphatic hydroxyl groups excluding tert-OH is 4. The lowest BCUT2D eigenvalue weighted by Gasteiger charge is -2.30. The molecule has 62 heavy (non-hydrogen) atoms. The maximum absolute atomic E-state index is 11.2. The van der Waals surface area contributed by atoms with E-state index in [-0.39, 0.29) is 64.7 Å². The van der Waals surface area contributed by atoms with Crippen LogP contribution in [0.25, 0.3) is 0 Å². The second-order valence-corrected chi connectivity index (χ2v) is 14.3. The first kappa shape index (κ1) is 48.5. The van der Waals surface area contributed by atoms with Crippen molar-refractivity contribution in [2.45, 2.75) is 63.9 Å². The molecule has 4 atom stereocenters. The highest BCUT2D eigenvalue weighted by molar-refractivity contribution is 5.66. The summed E-state index contributed by atoms with van der Waals surface area (Å²) in [7, 11) is 0. The Balaban J connectivity index is 1.70. The van der Waals surface area contributed by atoms with Crippen LogP contribution >= 0.6 is 0 Å². The van der Waals surface area contributed by atoms with E-state index in [9.17, 15) is 39.6 Å². The van der Waals surface area contributed by atoms with Gasteiger partial charge < -0.3 is 58.3 Å². The molecular formula is C46H54O16. The molecule has 0 spiro atoms. The summed E-state index contributed by atoms with van der Waals surface area (Å²) in [5.41, 5.74) is 3.49. The Labute approximate surface area is 359 Å². The van der Waals surface area contributed by atoms with E-state index in [2.05, 4.69) is 0 Å². The summed E-state index contributed by atoms with van der Waals surface area (Å²) >= 11 is 0. The van der Waals surface area contributed by atoms with Crippen molar-refractivity contribution in [2.24, 2.45) is 0 Å². The first-order valence-corrected chi connectivity index (χ1v) is 19.8. The molecule has 4 aromatic rings. The summed E-state index contributed by atoms with van der Waals surface area (Å²) in [6, 6.07) is 29.5. The predicted molar refractivity (Wildman–Crippen MR) is 222 cm³/mol. The summed E-state index contributed by atoms with van der Waals surface area (Å²) in [4.78, 5) is 44.7. The number of ether oxygens (including phenoxy) is 8. The van der Waals surface area contributed by atoms with Crippen LogP contribution in [-0.4, -0.2) is 122 Å². The van der Waals surface area contributed by atoms with Crippen LogP contribution in [0.5, 0.6) is 23.0 Å². The van der Waals surface area contributed by atoms with Gasteiger partial charge in [-0.1, -0.05) is 48.5 Å². The number of carbonyl (C=O) groups excluding carboxylic acids is 4. The number of carbonyl (C=O) groups is 4. The average Bonchev–Trinajstić information content (AvgIpc) is 3.26. The van der Waals surface area contributed by atoms with Gasteiger partial charge in [-0.2, -0.15) is 0 Å². The third-order valence-corrected chi connectivity index (χ3v) is 8.98. The third-order valence-electron chi connectivity index (χ3n) is 8.98. The summed E-state index contributed by atoms with van der Waals surface area (Å²) in [6.07, 6.45) is -4.14. The molecule has 0 fully saturated rings. The fraction of sp³-hybridized carbons (Fsp3) is 0.391. The molecule has 0 bridgehead atoms. The number of hydrogen-bond acceptors (Lipinski definition) is 16. The van der Waals surface area contributed by atoms with E-state index in [0.717, 1.165) is 22.3 Å². The minimum absolute atomic E-state index is 0.111. The lowest BCUT2D eigenvalue weighted by molar-refractivity contribution is -0.145. The Kier molecular flexibility index (Phi) is 19.5. The van der Waals surface area contributed by atoms with E-state index in [1.807, 2.05) is 48.5 Å². The minimum atomic E-state index is -1.03. The number of hydrogen-bond donors (Lipinski definition) is 4. The molecule has 0 aliphatic carbocycles. The Morgan fingerprint density at radius 2 is 0.516 bits per heavy atom. The second kappa shape index (κ2) is 24.9. The molecule has 0 aliphatic heterocycles. The van der Waals surface area contributed by atoms with Gasteiger partial charge in [0.05, 0.1) is 0 Å². The SMILES string of the molecule is CC(=O)OCC(O)COc1ccc(C(c2ccc(OCC(O)COC(C)=O)cc2)C(c2ccc(OCC(O)COC(C)=O)cc2)c2ccc(OCC(O)COC(C)=O)cc2)cc1. The van der Waals surface area contributed by atoms with Gasteiger partial charge in [0.1, 0.15) is 100 Å². The molecule has 4 aromatic carbocycles. The number of esters is 4. The van der Waals surface area contributed by atoms with E-state index < -0.39 is 48.3 Å². The van der Waals surface area contributed by atoms with E-state index in [0.29, 0.717) is 23.0 Å². The zero-order chi connectivity index (χ0) is 45.0. The highest BCUT2D eigenvalue weighted by Crippen LogP contribution is 2.44. The van der Waals surface area contributed by atoms with Crippen LogP contribution in [0.3, 0.4) is 0 Å². The maximum atomic E-state index is 11.2. The van der Waals surface area contributed by atoms with Gasteiger partial charge in [-0.25, -0.2) is 0 Å². The molecule has 0 amide bonds. The zero-order valence-corrected chi connectivity index (χ0v) is 35.0. The molecule has 334 valence electrons. The van der Waals surface area contributed by atoms with Crippen molar-refractivity contribution in [1.29, 1.82) is 0 Å². The number of aliphatic hydroxyl groups is 4. The van der Waals surface area contributed by atoms with Crippen LogP contribution in [0.1, 0.15) is 61.8 Å². The lowest BCUT2D eigenvalue weighted by atomic mass is 9.73. The van der Waals surface area contributed by atoms with E-state index in [1.165, 1.54) is 27.7 Å². The highest BCUT2D eigenvalue weighted by Gasteiger charge is 2.29. The summed E-state index contributed by atoms with van der Waals surface area (Å²) in [5.74, 6) is -0.935. The molecule has 16 heteroatoms. The molecular weight excluding hydrogens is 808 g/mol. The van der Waals surface area contributed by atoms with Crippen LogP contribution in [0, 0.1) is 0 Å². The molecule has 0 aromatic heterocycles. The minimum Gasteiger partial charge on any atom is -0.491 e. The normalized spacial score (nSPS) is 13.9. The Morgan fingerprint density at radius 3 is 0.677 bits per heavy atom.